The molecule has 0 bridgehead atoms. The standard InChI is InChI=1S/C24H22ClFN6O2/c25-20-13-30-22-8-21(26)16(7-19(20)22)11-32-24(34)15-3-4-28-18(6-15)5-14-1-2-17(29-10-14)12-31-23(33)9-27/h1-4,6-8,10,13,30H,5,9,11-12,27H2,(H,31,33)(H,32,34). The molecule has 34 heavy (non-hydrogen) atoms. The highest BCUT2D eigenvalue weighted by Gasteiger charge is 2.12. The van der Waals surface area contributed by atoms with E-state index in [4.69, 9.17) is 17.3 Å². The molecule has 0 saturated carbocycles. The molecule has 4 rings (SSSR count). The second kappa shape index (κ2) is 10.4. The van der Waals surface area contributed by atoms with E-state index in [1.807, 2.05) is 12.1 Å². The average molecular weight is 481 g/mol. The second-order valence-electron chi connectivity index (χ2n) is 7.66. The summed E-state index contributed by atoms with van der Waals surface area (Å²) in [4.78, 5) is 35.5. The number of H-pyrrole nitrogens is 1. The third-order valence-electron chi connectivity index (χ3n) is 5.24. The molecule has 0 radical (unpaired) electrons. The molecule has 0 atom stereocenters. The maximum atomic E-state index is 14.4. The number of nitrogens with one attached hydrogen (secondary N) is 3. The maximum Gasteiger partial charge on any atom is 0.251 e. The SMILES string of the molecule is NCC(=O)NCc1ccc(Cc2cc(C(=O)NCc3cc4c(Cl)c[nH]c4cc3F)ccn2)cn1. The summed E-state index contributed by atoms with van der Waals surface area (Å²) in [7, 11) is 0. The van der Waals surface area contributed by atoms with Gasteiger partial charge >= 0.3 is 0 Å². The number of pyridine rings is 2. The number of hydrogen-bond donors (Lipinski definition) is 4. The summed E-state index contributed by atoms with van der Waals surface area (Å²) < 4.78 is 14.4. The summed E-state index contributed by atoms with van der Waals surface area (Å²) >= 11 is 6.11. The Hall–Kier alpha value is -3.82. The molecule has 0 aliphatic carbocycles. The molecule has 3 heterocycles. The van der Waals surface area contributed by atoms with E-state index in [1.54, 1.807) is 36.8 Å². The number of fused-ring (bicyclic) bond motifs is 1. The van der Waals surface area contributed by atoms with Crippen molar-refractivity contribution in [3.05, 3.63) is 93.9 Å². The first kappa shape index (κ1) is 23.3. The summed E-state index contributed by atoms with van der Waals surface area (Å²) in [5, 5.41) is 6.59. The lowest BCUT2D eigenvalue weighted by Gasteiger charge is -2.09. The van der Waals surface area contributed by atoms with Gasteiger partial charge in [0.05, 0.1) is 23.8 Å². The van der Waals surface area contributed by atoms with Crippen molar-refractivity contribution in [3.8, 4) is 0 Å². The van der Waals surface area contributed by atoms with Crippen LogP contribution in [0.1, 0.15) is 32.9 Å². The number of aromatic amines is 1. The zero-order chi connectivity index (χ0) is 24.1. The van der Waals surface area contributed by atoms with Crippen molar-refractivity contribution >= 4 is 34.3 Å². The molecule has 5 N–H and O–H groups in total. The first-order valence-electron chi connectivity index (χ1n) is 10.5. The van der Waals surface area contributed by atoms with Crippen LogP contribution in [-0.4, -0.2) is 33.3 Å². The Morgan fingerprint density at radius 2 is 1.91 bits per heavy atom. The number of carbonyl (C=O) groups excluding carboxylic acids is 2. The van der Waals surface area contributed by atoms with Crippen LogP contribution in [0, 0.1) is 5.82 Å². The van der Waals surface area contributed by atoms with Crippen LogP contribution >= 0.6 is 11.6 Å². The van der Waals surface area contributed by atoms with Crippen LogP contribution in [0.25, 0.3) is 10.9 Å². The van der Waals surface area contributed by atoms with Crippen LogP contribution in [0.5, 0.6) is 0 Å². The van der Waals surface area contributed by atoms with Crippen molar-refractivity contribution in [2.24, 2.45) is 5.73 Å². The van der Waals surface area contributed by atoms with Crippen molar-refractivity contribution < 1.29 is 14.0 Å². The number of rotatable bonds is 8. The minimum atomic E-state index is -0.430. The molecule has 174 valence electrons. The van der Waals surface area contributed by atoms with E-state index >= 15 is 0 Å². The molecule has 4 aromatic rings. The Labute approximate surface area is 199 Å². The van der Waals surface area contributed by atoms with Gasteiger partial charge in [-0.2, -0.15) is 0 Å². The molecule has 0 aliphatic heterocycles. The molecule has 3 aromatic heterocycles. The lowest BCUT2D eigenvalue weighted by molar-refractivity contribution is -0.119. The van der Waals surface area contributed by atoms with Crippen LogP contribution in [0.3, 0.4) is 0 Å². The van der Waals surface area contributed by atoms with E-state index in [1.165, 1.54) is 6.07 Å². The Morgan fingerprint density at radius 3 is 2.68 bits per heavy atom. The van der Waals surface area contributed by atoms with Crippen LogP contribution in [-0.2, 0) is 24.3 Å². The van der Waals surface area contributed by atoms with Gasteiger partial charge in [-0.25, -0.2) is 4.39 Å². The number of halogens is 2. The van der Waals surface area contributed by atoms with Gasteiger partial charge in [0.2, 0.25) is 5.91 Å². The molecular formula is C24H22ClFN6O2. The summed E-state index contributed by atoms with van der Waals surface area (Å²) in [6.07, 6.45) is 5.32. The molecule has 10 heteroatoms. The molecule has 0 saturated heterocycles. The van der Waals surface area contributed by atoms with E-state index < -0.39 is 5.82 Å². The van der Waals surface area contributed by atoms with Crippen molar-refractivity contribution in [3.63, 3.8) is 0 Å². The number of hydrogen-bond acceptors (Lipinski definition) is 5. The Kier molecular flexibility index (Phi) is 7.15. The van der Waals surface area contributed by atoms with Crippen LogP contribution < -0.4 is 16.4 Å². The largest absolute Gasteiger partial charge is 0.360 e. The lowest BCUT2D eigenvalue weighted by Crippen LogP contribution is -2.29. The number of aromatic nitrogens is 3. The minimum absolute atomic E-state index is 0.0197. The fraction of sp³-hybridized carbons (Fsp3) is 0.167. The summed E-state index contributed by atoms with van der Waals surface area (Å²) in [5.41, 5.74) is 8.91. The van der Waals surface area contributed by atoms with Gasteiger partial charge in [-0.15, -0.1) is 0 Å². The molecule has 0 fully saturated rings. The quantitative estimate of drug-likeness (QED) is 0.308. The number of carbonyl (C=O) groups is 2. The van der Waals surface area contributed by atoms with E-state index in [-0.39, 0.29) is 24.9 Å². The van der Waals surface area contributed by atoms with Gasteiger partial charge < -0.3 is 21.4 Å². The van der Waals surface area contributed by atoms with Crippen LogP contribution in [0.15, 0.2) is 55.0 Å². The first-order valence-corrected chi connectivity index (χ1v) is 10.9. The lowest BCUT2D eigenvalue weighted by atomic mass is 10.1. The average Bonchev–Trinajstić information content (AvgIpc) is 3.21. The summed E-state index contributed by atoms with van der Waals surface area (Å²) in [6, 6.07) is 9.97. The van der Waals surface area contributed by atoms with E-state index in [2.05, 4.69) is 25.6 Å². The topological polar surface area (TPSA) is 126 Å². The van der Waals surface area contributed by atoms with Gasteiger partial charge in [-0.1, -0.05) is 17.7 Å². The summed E-state index contributed by atoms with van der Waals surface area (Å²) in [5.74, 6) is -1.02. The van der Waals surface area contributed by atoms with Gasteiger partial charge in [0.1, 0.15) is 5.82 Å². The van der Waals surface area contributed by atoms with Crippen molar-refractivity contribution in [2.45, 2.75) is 19.5 Å². The number of amides is 2. The van der Waals surface area contributed by atoms with Gasteiger partial charge in [-0.05, 0) is 35.9 Å². The Morgan fingerprint density at radius 1 is 1.06 bits per heavy atom. The molecule has 2 amide bonds. The predicted molar refractivity (Wildman–Crippen MR) is 127 cm³/mol. The summed E-state index contributed by atoms with van der Waals surface area (Å²) in [6.45, 7) is 0.249. The number of nitrogens with two attached hydrogens (primary N) is 1. The van der Waals surface area contributed by atoms with E-state index in [0.717, 1.165) is 5.56 Å². The van der Waals surface area contributed by atoms with Crippen LogP contribution in [0.2, 0.25) is 5.02 Å². The van der Waals surface area contributed by atoms with Gasteiger partial charge in [0, 0.05) is 59.3 Å². The Bertz CT molecular complexity index is 1340. The first-order chi connectivity index (χ1) is 16.4. The monoisotopic (exact) mass is 480 g/mol. The van der Waals surface area contributed by atoms with E-state index in [0.29, 0.717) is 51.4 Å². The third-order valence-corrected chi connectivity index (χ3v) is 5.55. The van der Waals surface area contributed by atoms with Crippen molar-refractivity contribution in [1.82, 2.24) is 25.6 Å². The second-order valence-corrected chi connectivity index (χ2v) is 8.07. The predicted octanol–water partition coefficient (Wildman–Crippen LogP) is 2.85. The molecule has 0 aliphatic rings. The molecule has 0 unspecified atom stereocenters. The van der Waals surface area contributed by atoms with Gasteiger partial charge in [-0.3, -0.25) is 19.6 Å². The van der Waals surface area contributed by atoms with Crippen molar-refractivity contribution in [2.75, 3.05) is 6.54 Å². The zero-order valence-electron chi connectivity index (χ0n) is 18.1. The zero-order valence-corrected chi connectivity index (χ0v) is 18.8. The molecule has 1 aromatic carbocycles. The van der Waals surface area contributed by atoms with Crippen LogP contribution in [0.4, 0.5) is 4.39 Å². The maximum absolute atomic E-state index is 14.4. The van der Waals surface area contributed by atoms with E-state index in [9.17, 15) is 14.0 Å². The fourth-order valence-electron chi connectivity index (χ4n) is 3.42. The highest BCUT2D eigenvalue weighted by atomic mass is 35.5. The van der Waals surface area contributed by atoms with Gasteiger partial charge in [0.25, 0.3) is 5.91 Å². The molecular weight excluding hydrogens is 459 g/mol. The third kappa shape index (κ3) is 5.56. The normalized spacial score (nSPS) is 10.9. The number of benzene rings is 1. The van der Waals surface area contributed by atoms with Crippen molar-refractivity contribution in [1.29, 1.82) is 0 Å². The van der Waals surface area contributed by atoms with Gasteiger partial charge in [0.15, 0.2) is 0 Å². The fourth-order valence-corrected chi connectivity index (χ4v) is 3.63. The molecule has 0 spiro atoms. The highest BCUT2D eigenvalue weighted by molar-refractivity contribution is 6.35. The molecule has 8 nitrogen and oxygen atoms in total. The Balaban J connectivity index is 1.38. The highest BCUT2D eigenvalue weighted by Crippen LogP contribution is 2.25. The number of nitrogens with zero attached hydrogens (tertiary/aromatic N) is 2. The smallest absolute Gasteiger partial charge is 0.251 e. The minimum Gasteiger partial charge on any atom is -0.360 e.